The van der Waals surface area contributed by atoms with Crippen molar-refractivity contribution >= 4 is 37.6 Å². The van der Waals surface area contributed by atoms with Gasteiger partial charge in [0.1, 0.15) is 9.90 Å². The van der Waals surface area contributed by atoms with E-state index in [0.29, 0.717) is 29.4 Å². The highest BCUT2D eigenvalue weighted by Gasteiger charge is 2.31. The van der Waals surface area contributed by atoms with Gasteiger partial charge in [-0.05, 0) is 6.42 Å². The summed E-state index contributed by atoms with van der Waals surface area (Å²) in [7, 11) is -3.49. The van der Waals surface area contributed by atoms with Gasteiger partial charge in [-0.25, -0.2) is 8.42 Å². The van der Waals surface area contributed by atoms with E-state index >= 15 is 0 Å². The number of ketones is 1. The molecular formula is C12H19N3O3S2. The summed E-state index contributed by atoms with van der Waals surface area (Å²) >= 11 is 1.16. The van der Waals surface area contributed by atoms with Crippen molar-refractivity contribution < 1.29 is 13.2 Å². The second-order valence-electron chi connectivity index (χ2n) is 5.02. The lowest BCUT2D eigenvalue weighted by Crippen LogP contribution is -2.26. The zero-order valence-corrected chi connectivity index (χ0v) is 13.2. The van der Waals surface area contributed by atoms with Crippen LogP contribution in [-0.2, 0) is 9.84 Å². The molecule has 1 aromatic heterocycles. The van der Waals surface area contributed by atoms with E-state index in [2.05, 4.69) is 0 Å². The van der Waals surface area contributed by atoms with Gasteiger partial charge in [-0.1, -0.05) is 6.92 Å². The third kappa shape index (κ3) is 2.68. The molecule has 20 heavy (non-hydrogen) atoms. The highest BCUT2D eigenvalue weighted by Crippen LogP contribution is 2.42. The molecule has 1 atom stereocenters. The first-order valence-corrected chi connectivity index (χ1v) is 9.12. The fourth-order valence-electron chi connectivity index (χ4n) is 2.32. The Hall–Kier alpha value is -1.12. The molecule has 1 unspecified atom stereocenters. The minimum Gasteiger partial charge on any atom is -0.396 e. The summed E-state index contributed by atoms with van der Waals surface area (Å²) in [6.45, 7) is 3.00. The van der Waals surface area contributed by atoms with Gasteiger partial charge >= 0.3 is 0 Å². The van der Waals surface area contributed by atoms with E-state index in [1.54, 1.807) is 6.92 Å². The van der Waals surface area contributed by atoms with Gasteiger partial charge in [0.15, 0.2) is 15.6 Å². The first-order valence-electron chi connectivity index (χ1n) is 6.41. The molecule has 1 fully saturated rings. The van der Waals surface area contributed by atoms with E-state index in [4.69, 9.17) is 11.5 Å². The van der Waals surface area contributed by atoms with Crippen LogP contribution in [0.5, 0.6) is 0 Å². The number of nitrogen functional groups attached to an aromatic ring is 1. The predicted octanol–water partition coefficient (Wildman–Crippen LogP) is 0.864. The second kappa shape index (κ2) is 5.34. The molecule has 0 aromatic carbocycles. The number of nitrogens with zero attached hydrogens (tertiary/aromatic N) is 1. The van der Waals surface area contributed by atoms with Crippen LogP contribution in [0, 0.1) is 0 Å². The molecule has 1 saturated heterocycles. The summed E-state index contributed by atoms with van der Waals surface area (Å²) in [6, 6.07) is 0.0241. The number of rotatable bonds is 4. The maximum Gasteiger partial charge on any atom is 0.180 e. The number of hydrogen-bond acceptors (Lipinski definition) is 7. The average molecular weight is 317 g/mol. The number of nitrogens with two attached hydrogens (primary N) is 2. The highest BCUT2D eigenvalue weighted by molar-refractivity contribution is 7.91. The molecule has 0 saturated carbocycles. The summed E-state index contributed by atoms with van der Waals surface area (Å²) in [5, 5.41) is 0.551. The molecule has 0 amide bonds. The Morgan fingerprint density at radius 2 is 2.15 bits per heavy atom. The SMILES string of the molecule is CCC(=O)c1sc(N2CCC(N)C2)c(S(C)(=O)=O)c1N. The van der Waals surface area contributed by atoms with Gasteiger partial charge in [-0.2, -0.15) is 0 Å². The molecule has 4 N–H and O–H groups in total. The number of anilines is 2. The Balaban J connectivity index is 2.58. The van der Waals surface area contributed by atoms with Crippen LogP contribution >= 0.6 is 11.3 Å². The highest BCUT2D eigenvalue weighted by atomic mass is 32.2. The van der Waals surface area contributed by atoms with Crippen LogP contribution in [-0.4, -0.2) is 39.6 Å². The first kappa shape index (κ1) is 15.3. The van der Waals surface area contributed by atoms with Crippen LogP contribution < -0.4 is 16.4 Å². The van der Waals surface area contributed by atoms with Crippen molar-refractivity contribution in [2.24, 2.45) is 5.73 Å². The Bertz CT molecular complexity index is 637. The first-order chi connectivity index (χ1) is 9.25. The van der Waals surface area contributed by atoms with E-state index < -0.39 is 9.84 Å². The monoisotopic (exact) mass is 317 g/mol. The quantitative estimate of drug-likeness (QED) is 0.798. The summed E-state index contributed by atoms with van der Waals surface area (Å²) in [5.41, 5.74) is 11.9. The third-order valence-corrected chi connectivity index (χ3v) is 5.93. The van der Waals surface area contributed by atoms with Gasteiger partial charge < -0.3 is 16.4 Å². The fourth-order valence-corrected chi connectivity index (χ4v) is 5.07. The molecule has 0 spiro atoms. The lowest BCUT2D eigenvalue weighted by molar-refractivity contribution is 0.0992. The summed E-state index contributed by atoms with van der Waals surface area (Å²) < 4.78 is 24.0. The molecule has 8 heteroatoms. The average Bonchev–Trinajstić information content (AvgIpc) is 2.91. The van der Waals surface area contributed by atoms with Crippen molar-refractivity contribution in [1.82, 2.24) is 0 Å². The zero-order chi connectivity index (χ0) is 15.1. The van der Waals surface area contributed by atoms with Crippen LogP contribution in [0.25, 0.3) is 0 Å². The molecule has 2 heterocycles. The Kier molecular flexibility index (Phi) is 4.08. The smallest absolute Gasteiger partial charge is 0.180 e. The number of carbonyl (C=O) groups excluding carboxylic acids is 1. The number of hydrogen-bond donors (Lipinski definition) is 2. The normalized spacial score (nSPS) is 19.6. The molecule has 1 aromatic rings. The van der Waals surface area contributed by atoms with Crippen LogP contribution in [0.15, 0.2) is 4.90 Å². The van der Waals surface area contributed by atoms with E-state index in [1.165, 1.54) is 0 Å². The molecule has 6 nitrogen and oxygen atoms in total. The predicted molar refractivity (Wildman–Crippen MR) is 81.3 cm³/mol. The van der Waals surface area contributed by atoms with Crippen LogP contribution in [0.2, 0.25) is 0 Å². The van der Waals surface area contributed by atoms with Gasteiger partial charge in [-0.15, -0.1) is 11.3 Å². The lowest BCUT2D eigenvalue weighted by Gasteiger charge is -2.17. The number of thiophene rings is 1. The molecule has 0 radical (unpaired) electrons. The maximum absolute atomic E-state index is 12.0. The second-order valence-corrected chi connectivity index (χ2v) is 7.97. The minimum atomic E-state index is -3.49. The van der Waals surface area contributed by atoms with E-state index in [9.17, 15) is 13.2 Å². The van der Waals surface area contributed by atoms with Gasteiger partial charge in [0, 0.05) is 31.8 Å². The fraction of sp³-hybridized carbons (Fsp3) is 0.583. The molecular weight excluding hydrogens is 298 g/mol. The van der Waals surface area contributed by atoms with Crippen LogP contribution in [0.1, 0.15) is 29.4 Å². The molecule has 2 rings (SSSR count). The summed E-state index contributed by atoms with van der Waals surface area (Å²) in [4.78, 5) is 14.2. The van der Waals surface area contributed by atoms with Crippen molar-refractivity contribution in [3.05, 3.63) is 4.88 Å². The van der Waals surface area contributed by atoms with E-state index in [-0.39, 0.29) is 22.4 Å². The van der Waals surface area contributed by atoms with E-state index in [0.717, 1.165) is 24.0 Å². The number of Topliss-reactive ketones (excluding diaryl/α,β-unsaturated/α-hetero) is 1. The number of sulfone groups is 1. The molecule has 0 bridgehead atoms. The summed E-state index contributed by atoms with van der Waals surface area (Å²) in [5.74, 6) is -0.132. The number of carbonyl (C=O) groups is 1. The minimum absolute atomic E-state index is 0.0241. The standard InChI is InChI=1S/C12H19N3O3S2/c1-3-8(16)10-9(14)11(20(2,17)18)12(19-10)15-5-4-7(13)6-15/h7H,3-6,13-14H2,1-2H3. The Morgan fingerprint density at radius 1 is 1.50 bits per heavy atom. The molecule has 1 aliphatic rings. The van der Waals surface area contributed by atoms with Crippen molar-refractivity contribution in [3.63, 3.8) is 0 Å². The maximum atomic E-state index is 12.0. The van der Waals surface area contributed by atoms with Crippen molar-refractivity contribution in [2.45, 2.75) is 30.7 Å². The Morgan fingerprint density at radius 3 is 2.60 bits per heavy atom. The summed E-state index contributed by atoms with van der Waals surface area (Å²) in [6.07, 6.45) is 2.22. The van der Waals surface area contributed by atoms with Crippen LogP contribution in [0.4, 0.5) is 10.7 Å². The van der Waals surface area contributed by atoms with Gasteiger partial charge in [0.25, 0.3) is 0 Å². The lowest BCUT2D eigenvalue weighted by atomic mass is 10.2. The van der Waals surface area contributed by atoms with E-state index in [1.807, 2.05) is 4.90 Å². The van der Waals surface area contributed by atoms with Gasteiger partial charge in [0.05, 0.1) is 10.6 Å². The largest absolute Gasteiger partial charge is 0.396 e. The van der Waals surface area contributed by atoms with Crippen molar-refractivity contribution in [1.29, 1.82) is 0 Å². The van der Waals surface area contributed by atoms with Crippen molar-refractivity contribution in [2.75, 3.05) is 30.0 Å². The molecule has 0 aliphatic carbocycles. The topological polar surface area (TPSA) is 106 Å². The van der Waals surface area contributed by atoms with Gasteiger partial charge in [-0.3, -0.25) is 4.79 Å². The Labute approximate surface area is 122 Å². The zero-order valence-electron chi connectivity index (χ0n) is 11.5. The molecule has 1 aliphatic heterocycles. The van der Waals surface area contributed by atoms with Gasteiger partial charge in [0.2, 0.25) is 0 Å². The van der Waals surface area contributed by atoms with Crippen LogP contribution in [0.3, 0.4) is 0 Å². The van der Waals surface area contributed by atoms with Crippen molar-refractivity contribution in [3.8, 4) is 0 Å². The third-order valence-electron chi connectivity index (χ3n) is 3.34. The molecule has 112 valence electrons.